The maximum absolute atomic E-state index is 13.6. The van der Waals surface area contributed by atoms with Gasteiger partial charge in [-0.2, -0.15) is 0 Å². The van der Waals surface area contributed by atoms with Crippen LogP contribution in [-0.4, -0.2) is 85.4 Å². The molecule has 2 aromatic carbocycles. The van der Waals surface area contributed by atoms with Crippen molar-refractivity contribution in [1.29, 1.82) is 0 Å². The number of pyridine rings is 1. The van der Waals surface area contributed by atoms with E-state index in [0.717, 1.165) is 28.7 Å². The summed E-state index contributed by atoms with van der Waals surface area (Å²) in [4.78, 5) is 57.2. The molecular weight excluding hydrogens is 626 g/mol. The molecule has 3 amide bonds. The van der Waals surface area contributed by atoms with E-state index in [1.807, 2.05) is 55.5 Å². The quantitative estimate of drug-likeness (QED) is 0.134. The molecule has 12 nitrogen and oxygen atoms in total. The van der Waals surface area contributed by atoms with Crippen molar-refractivity contribution in [1.82, 2.24) is 20.5 Å². The van der Waals surface area contributed by atoms with Gasteiger partial charge in [-0.25, -0.2) is 9.78 Å². The van der Waals surface area contributed by atoms with Gasteiger partial charge in [0.15, 0.2) is 5.69 Å². The van der Waals surface area contributed by atoms with E-state index in [4.69, 9.17) is 14.2 Å². The normalized spacial score (nSPS) is 11.1. The number of carbonyl (C=O) groups excluding carboxylic acids is 4. The van der Waals surface area contributed by atoms with E-state index in [-0.39, 0.29) is 50.1 Å². The van der Waals surface area contributed by atoms with Crippen LogP contribution in [0.2, 0.25) is 0 Å². The molecule has 0 atom stereocenters. The molecule has 0 aliphatic carbocycles. The van der Waals surface area contributed by atoms with Gasteiger partial charge in [-0.1, -0.05) is 61.0 Å². The second kappa shape index (κ2) is 19.3. The van der Waals surface area contributed by atoms with Gasteiger partial charge in [0.25, 0.3) is 5.91 Å². The van der Waals surface area contributed by atoms with Gasteiger partial charge in [0.2, 0.25) is 5.91 Å². The number of anilines is 1. The number of nitrogens with one attached hydrogen (secondary N) is 3. The fraction of sp³-hybridized carbons (Fsp3) is 0.432. The lowest BCUT2D eigenvalue weighted by atomic mass is 10.0. The zero-order valence-electron chi connectivity index (χ0n) is 29.4. The molecule has 3 rings (SSSR count). The molecule has 0 unspecified atom stereocenters. The molecular formula is C37H49N5O7. The van der Waals surface area contributed by atoms with Gasteiger partial charge in [-0.3, -0.25) is 19.3 Å². The molecule has 0 spiro atoms. The van der Waals surface area contributed by atoms with Crippen molar-refractivity contribution < 1.29 is 33.4 Å². The van der Waals surface area contributed by atoms with Gasteiger partial charge in [0, 0.05) is 31.4 Å². The summed E-state index contributed by atoms with van der Waals surface area (Å²) in [7, 11) is 0. The lowest BCUT2D eigenvalue weighted by Crippen LogP contribution is -2.41. The van der Waals surface area contributed by atoms with Gasteiger partial charge >= 0.3 is 12.1 Å². The monoisotopic (exact) mass is 675 g/mol. The third kappa shape index (κ3) is 13.7. The molecule has 0 saturated heterocycles. The Labute approximate surface area is 288 Å². The number of hydrogen-bond acceptors (Lipinski definition) is 9. The van der Waals surface area contributed by atoms with E-state index in [0.29, 0.717) is 25.3 Å². The Morgan fingerprint density at radius 2 is 1.63 bits per heavy atom. The highest BCUT2D eigenvalue weighted by Gasteiger charge is 2.25. The number of rotatable bonds is 17. The van der Waals surface area contributed by atoms with E-state index >= 15 is 0 Å². The zero-order chi connectivity index (χ0) is 35.8. The number of aryl methyl sites for hydroxylation is 2. The van der Waals surface area contributed by atoms with Crippen LogP contribution in [0.15, 0.2) is 60.8 Å². The van der Waals surface area contributed by atoms with E-state index in [9.17, 15) is 19.2 Å². The number of nitrogens with zero attached hydrogens (tertiary/aromatic N) is 2. The lowest BCUT2D eigenvalue weighted by molar-refractivity contribution is -0.142. The lowest BCUT2D eigenvalue weighted by Gasteiger charge is -2.27. The Bertz CT molecular complexity index is 1570. The summed E-state index contributed by atoms with van der Waals surface area (Å²) in [5, 5.41) is 8.54. The summed E-state index contributed by atoms with van der Waals surface area (Å²) in [6.45, 7) is 12.5. The summed E-state index contributed by atoms with van der Waals surface area (Å²) in [5.41, 5.74) is 4.04. The second-order valence-electron chi connectivity index (χ2n) is 12.4. The minimum atomic E-state index is -0.766. The molecule has 0 aliphatic heterocycles. The molecule has 1 heterocycles. The maximum Gasteiger partial charge on any atom is 0.411 e. The topological polar surface area (TPSA) is 148 Å². The predicted octanol–water partition coefficient (Wildman–Crippen LogP) is 4.89. The van der Waals surface area contributed by atoms with Gasteiger partial charge in [0.1, 0.15) is 12.1 Å². The van der Waals surface area contributed by atoms with Crippen LogP contribution in [-0.2, 0) is 36.8 Å². The largest absolute Gasteiger partial charge is 0.465 e. The fourth-order valence-electron chi connectivity index (χ4n) is 4.74. The molecule has 3 N–H and O–H groups in total. The van der Waals surface area contributed by atoms with Crippen molar-refractivity contribution >= 4 is 29.6 Å². The third-order valence-electron chi connectivity index (χ3n) is 7.02. The van der Waals surface area contributed by atoms with E-state index in [1.54, 1.807) is 40.0 Å². The van der Waals surface area contributed by atoms with Crippen LogP contribution in [0.4, 0.5) is 10.5 Å². The van der Waals surface area contributed by atoms with Gasteiger partial charge in [-0.05, 0) is 63.8 Å². The molecule has 0 bridgehead atoms. The molecule has 3 aromatic rings. The first kappa shape index (κ1) is 38.6. The van der Waals surface area contributed by atoms with Crippen LogP contribution >= 0.6 is 0 Å². The van der Waals surface area contributed by atoms with Gasteiger partial charge in [0.05, 0.1) is 32.1 Å². The highest BCUT2D eigenvalue weighted by molar-refractivity contribution is 6.03. The van der Waals surface area contributed by atoms with Crippen molar-refractivity contribution in [2.24, 2.45) is 0 Å². The molecule has 0 aliphatic rings. The van der Waals surface area contributed by atoms with E-state index < -0.39 is 23.5 Å². The first-order chi connectivity index (χ1) is 23.4. The van der Waals surface area contributed by atoms with Gasteiger partial charge in [-0.15, -0.1) is 0 Å². The third-order valence-corrected chi connectivity index (χ3v) is 7.02. The molecule has 264 valence electrons. The first-order valence-electron chi connectivity index (χ1n) is 16.5. The number of esters is 1. The highest BCUT2D eigenvalue weighted by atomic mass is 16.6. The van der Waals surface area contributed by atoms with Crippen molar-refractivity contribution in [3.05, 3.63) is 83.2 Å². The van der Waals surface area contributed by atoms with Crippen molar-refractivity contribution in [3.63, 3.8) is 0 Å². The van der Waals surface area contributed by atoms with Crippen LogP contribution < -0.4 is 16.0 Å². The maximum atomic E-state index is 13.6. The summed E-state index contributed by atoms with van der Waals surface area (Å²) in [6, 6.07) is 17.3. The average Bonchev–Trinajstić information content (AvgIpc) is 3.05. The Hall–Kier alpha value is -4.81. The number of ether oxygens (including phenoxy) is 3. The van der Waals surface area contributed by atoms with E-state index in [2.05, 4.69) is 27.9 Å². The molecule has 12 heteroatoms. The first-order valence-corrected chi connectivity index (χ1v) is 16.5. The molecule has 0 radical (unpaired) electrons. The van der Waals surface area contributed by atoms with Crippen molar-refractivity contribution in [2.45, 2.75) is 60.1 Å². The summed E-state index contributed by atoms with van der Waals surface area (Å²) in [5.74, 6) is -1.36. The second-order valence-corrected chi connectivity index (χ2v) is 12.4. The molecule has 0 saturated carbocycles. The number of hydrogen-bond donors (Lipinski definition) is 3. The SMILES string of the molecule is CCOC(=O)CNCCOCCNC(=O)c1ncc(-c2cccc(CC)c2)cc1NC(=O)CN(Cc1cccc(C)c1)C(=O)OC(C)(C)C. The summed E-state index contributed by atoms with van der Waals surface area (Å²) in [6.07, 6.45) is 1.80. The number of carbonyl (C=O) groups is 4. The Balaban J connectivity index is 1.75. The Morgan fingerprint density at radius 1 is 0.898 bits per heavy atom. The predicted molar refractivity (Wildman–Crippen MR) is 188 cm³/mol. The van der Waals surface area contributed by atoms with Crippen LogP contribution in [0.5, 0.6) is 0 Å². The number of amides is 3. The summed E-state index contributed by atoms with van der Waals surface area (Å²) >= 11 is 0. The Morgan fingerprint density at radius 3 is 2.35 bits per heavy atom. The smallest absolute Gasteiger partial charge is 0.411 e. The molecule has 0 fully saturated rings. The molecule has 1 aromatic heterocycles. The van der Waals surface area contributed by atoms with Crippen LogP contribution in [0.1, 0.15) is 61.8 Å². The highest BCUT2D eigenvalue weighted by Crippen LogP contribution is 2.25. The standard InChI is InChI=1S/C37H49N5O7/c1-7-27-12-10-14-29(20-27)30-21-31(34(40-22-30)35(45)39-16-18-47-17-15-38-23-33(44)48-8-2)41-32(43)25-42(36(46)49-37(4,5)6)24-28-13-9-11-26(3)19-28/h9-14,19-22,38H,7-8,15-18,23-25H2,1-6H3,(H,39,45)(H,41,43). The zero-order valence-corrected chi connectivity index (χ0v) is 29.4. The van der Waals surface area contributed by atoms with Gasteiger partial charge < -0.3 is 30.2 Å². The fourth-order valence-corrected chi connectivity index (χ4v) is 4.74. The minimum Gasteiger partial charge on any atom is -0.465 e. The van der Waals surface area contributed by atoms with Crippen LogP contribution in [0, 0.1) is 6.92 Å². The number of aromatic nitrogens is 1. The summed E-state index contributed by atoms with van der Waals surface area (Å²) < 4.78 is 16.0. The Kier molecular flexibility index (Phi) is 15.2. The minimum absolute atomic E-state index is 0.0161. The van der Waals surface area contributed by atoms with Crippen molar-refractivity contribution in [2.75, 3.05) is 51.3 Å². The molecule has 49 heavy (non-hydrogen) atoms. The average molecular weight is 676 g/mol. The van der Waals surface area contributed by atoms with E-state index in [1.165, 1.54) is 4.90 Å². The van der Waals surface area contributed by atoms with Crippen LogP contribution in [0.25, 0.3) is 11.1 Å². The number of benzene rings is 2. The van der Waals surface area contributed by atoms with Crippen LogP contribution in [0.3, 0.4) is 0 Å². The van der Waals surface area contributed by atoms with Crippen molar-refractivity contribution in [3.8, 4) is 11.1 Å².